The second-order valence-electron chi connectivity index (χ2n) is 3.42. The molecule has 0 radical (unpaired) electrons. The van der Waals surface area contributed by atoms with Gasteiger partial charge in [0.05, 0.1) is 20.6 Å². The maximum Gasteiger partial charge on any atom is 0.0935 e. The second kappa shape index (κ2) is 5.67. The monoisotopic (exact) mass is 328 g/mol. The second-order valence-corrected chi connectivity index (χ2v) is 6.05. The molecule has 1 heterocycles. The smallest absolute Gasteiger partial charge is 0.0935 e. The van der Waals surface area contributed by atoms with E-state index in [1.165, 1.54) is 11.3 Å². The van der Waals surface area contributed by atoms with Gasteiger partial charge in [-0.25, -0.2) is 0 Å². The Balaban J connectivity index is 2.08. The van der Waals surface area contributed by atoms with Crippen LogP contribution in [0.15, 0.2) is 46.0 Å². The number of benzene rings is 1. The number of nitrogens with one attached hydrogen (secondary N) is 1. The van der Waals surface area contributed by atoms with Crippen LogP contribution in [-0.4, -0.2) is 5.71 Å². The Labute approximate surface area is 117 Å². The maximum absolute atomic E-state index is 5.88. The summed E-state index contributed by atoms with van der Waals surface area (Å²) in [5.74, 6) is 0. The Bertz CT molecular complexity index is 534. The van der Waals surface area contributed by atoms with Gasteiger partial charge in [0.1, 0.15) is 0 Å². The number of thiophene rings is 1. The molecule has 88 valence electrons. The van der Waals surface area contributed by atoms with Crippen LogP contribution in [0.2, 0.25) is 4.34 Å². The Morgan fingerprint density at radius 1 is 1.24 bits per heavy atom. The van der Waals surface area contributed by atoms with Gasteiger partial charge in [0.15, 0.2) is 0 Å². The predicted molar refractivity (Wildman–Crippen MR) is 79.3 cm³/mol. The van der Waals surface area contributed by atoms with E-state index in [9.17, 15) is 0 Å². The molecular formula is C12H10BrClN2S. The molecule has 0 aliphatic heterocycles. The fourth-order valence-electron chi connectivity index (χ4n) is 1.24. The lowest BCUT2D eigenvalue weighted by atomic mass is 10.3. The number of halogens is 2. The summed E-state index contributed by atoms with van der Waals surface area (Å²) in [5.41, 5.74) is 4.89. The molecule has 0 amide bonds. The number of anilines is 1. The van der Waals surface area contributed by atoms with Crippen molar-refractivity contribution in [2.24, 2.45) is 5.10 Å². The average molecular weight is 330 g/mol. The molecule has 2 aromatic rings. The first-order valence-electron chi connectivity index (χ1n) is 4.97. The van der Waals surface area contributed by atoms with Crippen LogP contribution in [0, 0.1) is 0 Å². The van der Waals surface area contributed by atoms with E-state index in [1.54, 1.807) is 0 Å². The molecule has 1 aromatic heterocycles. The van der Waals surface area contributed by atoms with Crippen molar-refractivity contribution in [2.75, 3.05) is 5.43 Å². The van der Waals surface area contributed by atoms with Crippen LogP contribution in [0.1, 0.15) is 11.8 Å². The fraction of sp³-hybridized carbons (Fsp3) is 0.0833. The first-order valence-corrected chi connectivity index (χ1v) is 6.95. The van der Waals surface area contributed by atoms with Crippen LogP contribution in [0.4, 0.5) is 5.69 Å². The highest BCUT2D eigenvalue weighted by Crippen LogP contribution is 2.22. The lowest BCUT2D eigenvalue weighted by Crippen LogP contribution is -1.96. The molecule has 2 nitrogen and oxygen atoms in total. The molecule has 0 fully saturated rings. The van der Waals surface area contributed by atoms with Gasteiger partial charge >= 0.3 is 0 Å². The first-order chi connectivity index (χ1) is 8.15. The molecule has 0 unspecified atom stereocenters. The zero-order valence-corrected chi connectivity index (χ0v) is 12.2. The molecule has 0 spiro atoms. The molecular weight excluding hydrogens is 320 g/mol. The minimum atomic E-state index is 0.776. The third-order valence-electron chi connectivity index (χ3n) is 2.13. The van der Waals surface area contributed by atoms with Crippen LogP contribution >= 0.6 is 38.9 Å². The summed E-state index contributed by atoms with van der Waals surface area (Å²) in [6.07, 6.45) is 0. The zero-order chi connectivity index (χ0) is 12.3. The van der Waals surface area contributed by atoms with E-state index in [2.05, 4.69) is 26.5 Å². The minimum Gasteiger partial charge on any atom is -0.278 e. The Hall–Kier alpha value is -0.840. The van der Waals surface area contributed by atoms with E-state index < -0.39 is 0 Å². The summed E-state index contributed by atoms with van der Waals surface area (Å²) >= 11 is 10.8. The zero-order valence-electron chi connectivity index (χ0n) is 9.08. The van der Waals surface area contributed by atoms with E-state index in [0.717, 1.165) is 25.1 Å². The van der Waals surface area contributed by atoms with Gasteiger partial charge in [0.2, 0.25) is 0 Å². The first kappa shape index (κ1) is 12.6. The summed E-state index contributed by atoms with van der Waals surface area (Å²) in [6, 6.07) is 11.7. The fourth-order valence-corrected chi connectivity index (χ4v) is 2.49. The molecule has 0 atom stereocenters. The molecule has 0 bridgehead atoms. The molecule has 0 saturated carbocycles. The summed E-state index contributed by atoms with van der Waals surface area (Å²) < 4.78 is 1.83. The van der Waals surface area contributed by atoms with Gasteiger partial charge in [-0.2, -0.15) is 5.10 Å². The van der Waals surface area contributed by atoms with E-state index in [0.29, 0.717) is 0 Å². The van der Waals surface area contributed by atoms with Crippen LogP contribution in [0.25, 0.3) is 0 Å². The van der Waals surface area contributed by atoms with Crippen molar-refractivity contribution in [1.82, 2.24) is 0 Å². The number of hydrogen-bond donors (Lipinski definition) is 1. The highest BCUT2D eigenvalue weighted by molar-refractivity contribution is 9.10. The minimum absolute atomic E-state index is 0.776. The van der Waals surface area contributed by atoms with E-state index in [4.69, 9.17) is 11.6 Å². The van der Waals surface area contributed by atoms with Crippen LogP contribution in [0.3, 0.4) is 0 Å². The Kier molecular flexibility index (Phi) is 4.20. The lowest BCUT2D eigenvalue weighted by molar-refractivity contribution is 1.32. The largest absolute Gasteiger partial charge is 0.278 e. The SMILES string of the molecule is CC(=NNc1ccc(Br)cc1)c1ccc(Cl)s1. The third-order valence-corrected chi connectivity index (χ3v) is 4.00. The quantitative estimate of drug-likeness (QED) is 0.622. The topological polar surface area (TPSA) is 24.4 Å². The number of hydrogen-bond acceptors (Lipinski definition) is 3. The normalized spacial score (nSPS) is 11.6. The standard InChI is InChI=1S/C12H10BrClN2S/c1-8(11-6-7-12(14)17-11)15-16-10-4-2-9(13)3-5-10/h2-7,16H,1H3. The lowest BCUT2D eigenvalue weighted by Gasteiger charge is -2.01. The van der Waals surface area contributed by atoms with Gasteiger partial charge in [0.25, 0.3) is 0 Å². The van der Waals surface area contributed by atoms with Crippen molar-refractivity contribution in [2.45, 2.75) is 6.92 Å². The van der Waals surface area contributed by atoms with Crippen LogP contribution in [-0.2, 0) is 0 Å². The molecule has 0 saturated heterocycles. The van der Waals surface area contributed by atoms with Gasteiger partial charge in [-0.1, -0.05) is 27.5 Å². The van der Waals surface area contributed by atoms with Crippen molar-refractivity contribution < 1.29 is 0 Å². The molecule has 0 aliphatic carbocycles. The predicted octanol–water partition coefficient (Wildman–Crippen LogP) is 5.00. The third kappa shape index (κ3) is 3.56. The molecule has 2 rings (SSSR count). The summed E-state index contributed by atoms with van der Waals surface area (Å²) in [7, 11) is 0. The van der Waals surface area contributed by atoms with E-state index in [1.807, 2.05) is 43.3 Å². The highest BCUT2D eigenvalue weighted by atomic mass is 79.9. The number of nitrogens with zero attached hydrogens (tertiary/aromatic N) is 1. The molecule has 5 heteroatoms. The van der Waals surface area contributed by atoms with Gasteiger partial charge < -0.3 is 0 Å². The van der Waals surface area contributed by atoms with Crippen molar-refractivity contribution >= 4 is 50.3 Å². The summed E-state index contributed by atoms with van der Waals surface area (Å²) in [6.45, 7) is 1.95. The van der Waals surface area contributed by atoms with Gasteiger partial charge in [-0.3, -0.25) is 5.43 Å². The van der Waals surface area contributed by atoms with Crippen molar-refractivity contribution in [3.8, 4) is 0 Å². The van der Waals surface area contributed by atoms with E-state index >= 15 is 0 Å². The molecule has 1 aromatic carbocycles. The highest BCUT2D eigenvalue weighted by Gasteiger charge is 2.01. The summed E-state index contributed by atoms with van der Waals surface area (Å²) in [5, 5.41) is 4.31. The summed E-state index contributed by atoms with van der Waals surface area (Å²) in [4.78, 5) is 1.07. The van der Waals surface area contributed by atoms with Crippen LogP contribution in [0.5, 0.6) is 0 Å². The molecule has 17 heavy (non-hydrogen) atoms. The number of rotatable bonds is 3. The number of hydrazone groups is 1. The van der Waals surface area contributed by atoms with E-state index in [-0.39, 0.29) is 0 Å². The Morgan fingerprint density at radius 3 is 2.53 bits per heavy atom. The maximum atomic E-state index is 5.88. The van der Waals surface area contributed by atoms with Crippen LogP contribution < -0.4 is 5.43 Å². The van der Waals surface area contributed by atoms with Gasteiger partial charge in [0, 0.05) is 4.47 Å². The molecule has 0 aliphatic rings. The van der Waals surface area contributed by atoms with Crippen molar-refractivity contribution in [3.63, 3.8) is 0 Å². The molecule has 1 N–H and O–H groups in total. The average Bonchev–Trinajstić information content (AvgIpc) is 2.75. The van der Waals surface area contributed by atoms with Gasteiger partial charge in [-0.15, -0.1) is 11.3 Å². The van der Waals surface area contributed by atoms with Crippen molar-refractivity contribution in [1.29, 1.82) is 0 Å². The van der Waals surface area contributed by atoms with Gasteiger partial charge in [-0.05, 0) is 43.3 Å². The Morgan fingerprint density at radius 2 is 1.94 bits per heavy atom. The van der Waals surface area contributed by atoms with Crippen molar-refractivity contribution in [3.05, 3.63) is 50.1 Å².